The van der Waals surface area contributed by atoms with Crippen molar-refractivity contribution in [2.45, 2.75) is 24.0 Å². The van der Waals surface area contributed by atoms with E-state index < -0.39 is 38.8 Å². The molecule has 0 fully saturated rings. The van der Waals surface area contributed by atoms with Crippen molar-refractivity contribution in [1.82, 2.24) is 14.9 Å². The summed E-state index contributed by atoms with van der Waals surface area (Å²) < 4.78 is 83.8. The van der Waals surface area contributed by atoms with Crippen LogP contribution in [0.2, 0.25) is 5.02 Å². The third-order valence-corrected chi connectivity index (χ3v) is 7.52. The Morgan fingerprint density at radius 1 is 1.00 bits per heavy atom. The van der Waals surface area contributed by atoms with E-state index in [0.717, 1.165) is 12.1 Å². The van der Waals surface area contributed by atoms with Crippen molar-refractivity contribution in [1.29, 1.82) is 0 Å². The molecule has 4 rings (SSSR count). The van der Waals surface area contributed by atoms with Crippen molar-refractivity contribution in [2.75, 3.05) is 19.5 Å². The molecule has 41 heavy (non-hydrogen) atoms. The summed E-state index contributed by atoms with van der Waals surface area (Å²) in [5.74, 6) is -2.03. The molecule has 0 spiro atoms. The van der Waals surface area contributed by atoms with Crippen molar-refractivity contribution < 1.29 is 40.3 Å². The van der Waals surface area contributed by atoms with Gasteiger partial charge in [0.25, 0.3) is 0 Å². The molecule has 0 radical (unpaired) electrons. The quantitative estimate of drug-likeness (QED) is 0.254. The Kier molecular flexibility index (Phi) is 8.85. The van der Waals surface area contributed by atoms with Crippen LogP contribution in [0.3, 0.4) is 0 Å². The minimum atomic E-state index is -4.94. The van der Waals surface area contributed by atoms with Crippen LogP contribution >= 0.6 is 11.6 Å². The van der Waals surface area contributed by atoms with E-state index in [1.807, 2.05) is 0 Å². The highest BCUT2D eigenvalue weighted by Gasteiger charge is 2.38. The van der Waals surface area contributed by atoms with E-state index in [1.54, 1.807) is 42.5 Å². The summed E-state index contributed by atoms with van der Waals surface area (Å²) in [7, 11) is -1.59. The zero-order chi connectivity index (χ0) is 29.8. The summed E-state index contributed by atoms with van der Waals surface area (Å²) in [5, 5.41) is 9.31. The first-order valence-electron chi connectivity index (χ1n) is 11.7. The second-order valence-electron chi connectivity index (χ2n) is 8.44. The highest BCUT2D eigenvalue weighted by Crippen LogP contribution is 2.34. The minimum Gasteiger partial charge on any atom is -0.497 e. The van der Waals surface area contributed by atoms with Gasteiger partial charge in [0.05, 0.1) is 31.1 Å². The molecule has 0 saturated heterocycles. The molecule has 0 bridgehead atoms. The van der Waals surface area contributed by atoms with Gasteiger partial charge in [0.2, 0.25) is 21.8 Å². The molecule has 3 aromatic carbocycles. The van der Waals surface area contributed by atoms with E-state index in [1.165, 1.54) is 20.3 Å². The smallest absolute Gasteiger partial charge is 0.470 e. The third kappa shape index (κ3) is 7.14. The number of benzene rings is 3. The van der Waals surface area contributed by atoms with Crippen LogP contribution in [0.1, 0.15) is 17.0 Å². The Hall–Kier alpha value is -4.14. The lowest BCUT2D eigenvalue weighted by Gasteiger charge is -2.14. The molecule has 1 amide bonds. The second kappa shape index (κ2) is 12.2. The molecule has 1 aromatic heterocycles. The van der Waals surface area contributed by atoms with Crippen LogP contribution in [-0.4, -0.2) is 38.7 Å². The van der Waals surface area contributed by atoms with Gasteiger partial charge in [-0.3, -0.25) is 4.79 Å². The molecule has 0 saturated carbocycles. The number of aromatic nitrogens is 2. The number of halogens is 4. The van der Waals surface area contributed by atoms with Gasteiger partial charge in [-0.1, -0.05) is 35.9 Å². The molecule has 15 heteroatoms. The summed E-state index contributed by atoms with van der Waals surface area (Å²) in [6.45, 7) is -0.254. The van der Waals surface area contributed by atoms with E-state index in [-0.39, 0.29) is 24.2 Å². The van der Waals surface area contributed by atoms with E-state index in [4.69, 9.17) is 25.5 Å². The maximum absolute atomic E-state index is 13.5. The Bertz CT molecular complexity index is 1680. The number of carbonyl (C=O) groups excluding carboxylic acids is 1. The normalized spacial score (nSPS) is 11.8. The molecular formula is C26H22ClF3N4O6S. The predicted molar refractivity (Wildman–Crippen MR) is 142 cm³/mol. The number of ether oxygens (including phenoxy) is 2. The Balaban J connectivity index is 1.68. The van der Waals surface area contributed by atoms with E-state index >= 15 is 0 Å². The lowest BCUT2D eigenvalue weighted by Crippen LogP contribution is -2.24. The number of alkyl halides is 3. The van der Waals surface area contributed by atoms with Crippen molar-refractivity contribution in [3.05, 3.63) is 82.7 Å². The summed E-state index contributed by atoms with van der Waals surface area (Å²) in [4.78, 5) is 12.2. The Morgan fingerprint density at radius 3 is 2.41 bits per heavy atom. The third-order valence-electron chi connectivity index (χ3n) is 5.71. The fraction of sp³-hybridized carbons (Fsp3) is 0.192. The lowest BCUT2D eigenvalue weighted by molar-refractivity contribution is -0.157. The van der Waals surface area contributed by atoms with Crippen molar-refractivity contribution in [3.63, 3.8) is 0 Å². The van der Waals surface area contributed by atoms with Gasteiger partial charge in [0, 0.05) is 28.9 Å². The van der Waals surface area contributed by atoms with Crippen LogP contribution in [-0.2, 0) is 34.0 Å². The van der Waals surface area contributed by atoms with Crippen LogP contribution in [0.15, 0.2) is 70.0 Å². The highest BCUT2D eigenvalue weighted by atomic mass is 35.5. The van der Waals surface area contributed by atoms with Crippen LogP contribution in [0, 0.1) is 0 Å². The molecule has 0 aliphatic heterocycles. The number of nitrogens with zero attached hydrogens (tertiary/aromatic N) is 2. The van der Waals surface area contributed by atoms with Crippen molar-refractivity contribution in [2.24, 2.45) is 0 Å². The van der Waals surface area contributed by atoms with Crippen molar-refractivity contribution >= 4 is 33.2 Å². The molecule has 2 N–H and O–H groups in total. The number of carbonyl (C=O) groups is 1. The number of amides is 1. The molecule has 10 nitrogen and oxygen atoms in total. The lowest BCUT2D eigenvalue weighted by atomic mass is 10.1. The molecule has 0 unspecified atom stereocenters. The standard InChI is InChI=1S/C26H22ClF3N4O6S/c1-38-18-9-7-16(21(13-18)39-2)14-31-41(36,37)22-12-17(32-23(35)11-15-5-3-4-6-20(15)27)8-10-19(22)24-33-34-25(40-24)26(28,29)30/h3-10,12-13,31H,11,14H2,1-2H3,(H,32,35). The molecular weight excluding hydrogens is 589 g/mol. The monoisotopic (exact) mass is 610 g/mol. The van der Waals surface area contributed by atoms with Gasteiger partial charge in [0.15, 0.2) is 0 Å². The number of nitrogens with one attached hydrogen (secondary N) is 2. The first-order chi connectivity index (χ1) is 19.4. The van der Waals surface area contributed by atoms with Crippen LogP contribution < -0.4 is 19.5 Å². The fourth-order valence-corrected chi connectivity index (χ4v) is 5.14. The fourth-order valence-electron chi connectivity index (χ4n) is 3.71. The van der Waals surface area contributed by atoms with Crippen molar-refractivity contribution in [3.8, 4) is 23.0 Å². The van der Waals surface area contributed by atoms with E-state index in [9.17, 15) is 26.4 Å². The molecule has 216 valence electrons. The SMILES string of the molecule is COc1ccc(CNS(=O)(=O)c2cc(NC(=O)Cc3ccccc3Cl)ccc2-c2nnc(C(F)(F)F)o2)c(OC)c1. The van der Waals surface area contributed by atoms with Gasteiger partial charge in [-0.15, -0.1) is 10.2 Å². The van der Waals surface area contributed by atoms with Gasteiger partial charge >= 0.3 is 12.1 Å². The molecule has 1 heterocycles. The van der Waals surface area contributed by atoms with E-state index in [0.29, 0.717) is 27.6 Å². The second-order valence-corrected chi connectivity index (χ2v) is 10.6. The largest absolute Gasteiger partial charge is 0.497 e. The number of hydrogen-bond donors (Lipinski definition) is 2. The number of sulfonamides is 1. The first kappa shape index (κ1) is 29.8. The molecule has 0 atom stereocenters. The molecule has 0 aliphatic carbocycles. The number of hydrogen-bond acceptors (Lipinski definition) is 8. The van der Waals surface area contributed by atoms with Gasteiger partial charge < -0.3 is 19.2 Å². The van der Waals surface area contributed by atoms with Gasteiger partial charge in [-0.05, 0) is 35.9 Å². The van der Waals surface area contributed by atoms with E-state index in [2.05, 4.69) is 20.2 Å². The zero-order valence-corrected chi connectivity index (χ0v) is 23.0. The summed E-state index contributed by atoms with van der Waals surface area (Å²) >= 11 is 6.12. The van der Waals surface area contributed by atoms with Crippen LogP contribution in [0.25, 0.3) is 11.5 Å². The summed E-state index contributed by atoms with van der Waals surface area (Å²) in [6.07, 6.45) is -5.06. The van der Waals surface area contributed by atoms with Crippen LogP contribution in [0.5, 0.6) is 11.5 Å². The van der Waals surface area contributed by atoms with Gasteiger partial charge in [0.1, 0.15) is 11.5 Å². The number of rotatable bonds is 10. The van der Waals surface area contributed by atoms with Gasteiger partial charge in [-0.25, -0.2) is 13.1 Å². The number of methoxy groups -OCH3 is 2. The first-order valence-corrected chi connectivity index (χ1v) is 13.6. The van der Waals surface area contributed by atoms with Crippen LogP contribution in [0.4, 0.5) is 18.9 Å². The minimum absolute atomic E-state index is 0.0452. The zero-order valence-electron chi connectivity index (χ0n) is 21.5. The number of anilines is 1. The molecule has 0 aliphatic rings. The topological polar surface area (TPSA) is 133 Å². The average Bonchev–Trinajstić information content (AvgIpc) is 3.44. The average molecular weight is 611 g/mol. The Labute approximate surface area is 237 Å². The maximum Gasteiger partial charge on any atom is 0.470 e. The summed E-state index contributed by atoms with van der Waals surface area (Å²) in [6, 6.07) is 15.0. The summed E-state index contributed by atoms with van der Waals surface area (Å²) in [5.41, 5.74) is 0.714. The predicted octanol–water partition coefficient (Wildman–Crippen LogP) is 5.09. The van der Waals surface area contributed by atoms with Gasteiger partial charge in [-0.2, -0.15) is 13.2 Å². The maximum atomic E-state index is 13.5. The molecule has 4 aromatic rings. The Morgan fingerprint density at radius 2 is 1.76 bits per heavy atom. The highest BCUT2D eigenvalue weighted by molar-refractivity contribution is 7.89.